The van der Waals surface area contributed by atoms with Gasteiger partial charge in [-0.25, -0.2) is 4.39 Å². The maximum absolute atomic E-state index is 14.1. The molecule has 2 aromatic rings. The van der Waals surface area contributed by atoms with Gasteiger partial charge in [0.25, 0.3) is 0 Å². The average molecular weight is 493 g/mol. The number of aryl methyl sites for hydroxylation is 1. The summed E-state index contributed by atoms with van der Waals surface area (Å²) in [6.45, 7) is 11.3. The van der Waals surface area contributed by atoms with Gasteiger partial charge in [-0.05, 0) is 86.4 Å². The van der Waals surface area contributed by atoms with E-state index in [1.807, 2.05) is 18.3 Å². The van der Waals surface area contributed by atoms with Gasteiger partial charge in [-0.2, -0.15) is 0 Å². The highest BCUT2D eigenvalue weighted by Crippen LogP contribution is 2.33. The van der Waals surface area contributed by atoms with Crippen LogP contribution in [0, 0.1) is 12.7 Å². The lowest BCUT2D eigenvalue weighted by Crippen LogP contribution is -2.21. The molecule has 3 rings (SSSR count). The molecular weight excluding hydrogens is 451 g/mol. The Morgan fingerprint density at radius 1 is 1.14 bits per heavy atom. The number of aliphatic imine (C=N–C) groups is 1. The van der Waals surface area contributed by atoms with Crippen molar-refractivity contribution in [3.05, 3.63) is 76.6 Å². The van der Waals surface area contributed by atoms with Crippen molar-refractivity contribution >= 4 is 17.6 Å². The number of ether oxygens (including phenoxy) is 2. The Morgan fingerprint density at radius 2 is 1.92 bits per heavy atom. The van der Waals surface area contributed by atoms with Gasteiger partial charge in [-0.1, -0.05) is 39.0 Å². The van der Waals surface area contributed by atoms with Gasteiger partial charge in [-0.15, -0.1) is 0 Å². The lowest BCUT2D eigenvalue weighted by atomic mass is 9.97. The largest absolute Gasteiger partial charge is 0.490 e. The highest BCUT2D eigenvalue weighted by atomic mass is 19.1. The molecule has 2 aromatic carbocycles. The van der Waals surface area contributed by atoms with Crippen LogP contribution in [-0.2, 0) is 11.3 Å². The van der Waals surface area contributed by atoms with E-state index in [0.717, 1.165) is 65.1 Å². The number of hydrogen-bond acceptors (Lipinski definition) is 4. The monoisotopic (exact) mass is 492 g/mol. The number of nitrogens with zero attached hydrogens (tertiary/aromatic N) is 1. The van der Waals surface area contributed by atoms with Crippen molar-refractivity contribution < 1.29 is 13.9 Å². The fourth-order valence-electron chi connectivity index (χ4n) is 4.49. The van der Waals surface area contributed by atoms with E-state index in [-0.39, 0.29) is 11.9 Å². The first-order valence-electron chi connectivity index (χ1n) is 13.2. The zero-order chi connectivity index (χ0) is 25.9. The highest BCUT2D eigenvalue weighted by Gasteiger charge is 2.19. The van der Waals surface area contributed by atoms with Crippen molar-refractivity contribution in [3.63, 3.8) is 0 Å². The summed E-state index contributed by atoms with van der Waals surface area (Å²) in [6.07, 6.45) is 9.67. The molecule has 0 amide bonds. The second-order valence-corrected chi connectivity index (χ2v) is 9.46. The van der Waals surface area contributed by atoms with Crippen molar-refractivity contribution in [2.75, 3.05) is 13.7 Å². The molecule has 1 N–H and O–H groups in total. The molecule has 0 spiro atoms. The fraction of sp³-hybridized carbons (Fsp3) is 0.452. The third-order valence-corrected chi connectivity index (χ3v) is 6.65. The van der Waals surface area contributed by atoms with Gasteiger partial charge in [-0.3, -0.25) is 4.99 Å². The van der Waals surface area contributed by atoms with E-state index in [0.29, 0.717) is 18.7 Å². The Bertz CT molecular complexity index is 1080. The molecule has 0 bridgehead atoms. The van der Waals surface area contributed by atoms with E-state index >= 15 is 0 Å². The fourth-order valence-corrected chi connectivity index (χ4v) is 4.49. The van der Waals surface area contributed by atoms with Crippen LogP contribution in [0.3, 0.4) is 0 Å². The van der Waals surface area contributed by atoms with E-state index in [4.69, 9.17) is 14.5 Å². The van der Waals surface area contributed by atoms with Crippen LogP contribution in [-0.4, -0.2) is 26.0 Å². The normalized spacial score (nSPS) is 15.1. The van der Waals surface area contributed by atoms with Gasteiger partial charge >= 0.3 is 0 Å². The third-order valence-electron chi connectivity index (χ3n) is 6.65. The molecule has 0 saturated heterocycles. The number of rotatable bonds is 12. The molecule has 1 aliphatic carbocycles. The van der Waals surface area contributed by atoms with E-state index in [2.05, 4.69) is 37.9 Å². The van der Waals surface area contributed by atoms with Gasteiger partial charge in [0.15, 0.2) is 0 Å². The minimum Gasteiger partial charge on any atom is -0.490 e. The Morgan fingerprint density at radius 3 is 2.58 bits per heavy atom. The standard InChI is InChI=1S/C31H41FN2O2/c1-6-17-33-31(25(7-2)21-35-5)26-15-16-30(36-27-11-9-8-10-12-27)28(19-26)23(4)34-20-24-14-13-22(3)29(32)18-24/h13-19,27,34H,4,6-12,20-21H2,1-3,5H3/b31-25+,33-17?. The summed E-state index contributed by atoms with van der Waals surface area (Å²) in [6, 6.07) is 11.5. The van der Waals surface area contributed by atoms with Crippen LogP contribution in [0.15, 0.2) is 53.5 Å². The zero-order valence-electron chi connectivity index (χ0n) is 22.3. The van der Waals surface area contributed by atoms with Crippen molar-refractivity contribution in [2.24, 2.45) is 4.99 Å². The first-order chi connectivity index (χ1) is 17.5. The maximum atomic E-state index is 14.1. The molecule has 1 fully saturated rings. The van der Waals surface area contributed by atoms with Gasteiger partial charge in [0.1, 0.15) is 11.6 Å². The number of nitrogens with one attached hydrogen (secondary N) is 1. The molecule has 0 atom stereocenters. The van der Waals surface area contributed by atoms with E-state index in [1.165, 1.54) is 19.3 Å². The second-order valence-electron chi connectivity index (χ2n) is 9.46. The number of hydrogen-bond donors (Lipinski definition) is 1. The molecule has 4 nitrogen and oxygen atoms in total. The van der Waals surface area contributed by atoms with E-state index < -0.39 is 0 Å². The molecule has 1 saturated carbocycles. The van der Waals surface area contributed by atoms with Crippen LogP contribution in [0.4, 0.5) is 4.39 Å². The van der Waals surface area contributed by atoms with Gasteiger partial charge in [0.2, 0.25) is 0 Å². The van der Waals surface area contributed by atoms with E-state index in [1.54, 1.807) is 26.2 Å². The molecule has 0 aromatic heterocycles. The van der Waals surface area contributed by atoms with Crippen LogP contribution in [0.25, 0.3) is 11.4 Å². The van der Waals surface area contributed by atoms with Gasteiger partial charge in [0.05, 0.1) is 18.4 Å². The minimum absolute atomic E-state index is 0.197. The van der Waals surface area contributed by atoms with Crippen molar-refractivity contribution in [3.8, 4) is 5.75 Å². The number of halogens is 1. The molecular formula is C31H41FN2O2. The summed E-state index contributed by atoms with van der Waals surface area (Å²) >= 11 is 0. The van der Waals surface area contributed by atoms with E-state index in [9.17, 15) is 4.39 Å². The van der Waals surface area contributed by atoms with Gasteiger partial charge in [0, 0.05) is 36.7 Å². The highest BCUT2D eigenvalue weighted by molar-refractivity contribution is 5.79. The smallest absolute Gasteiger partial charge is 0.129 e. The third kappa shape index (κ3) is 7.54. The zero-order valence-corrected chi connectivity index (χ0v) is 22.3. The molecule has 194 valence electrons. The lowest BCUT2D eigenvalue weighted by Gasteiger charge is -2.25. The summed E-state index contributed by atoms with van der Waals surface area (Å²) in [5.74, 6) is 0.624. The Kier molecular flexibility index (Phi) is 10.7. The molecule has 36 heavy (non-hydrogen) atoms. The maximum Gasteiger partial charge on any atom is 0.129 e. The minimum atomic E-state index is -0.197. The second kappa shape index (κ2) is 14.0. The average Bonchev–Trinajstić information content (AvgIpc) is 2.89. The predicted octanol–water partition coefficient (Wildman–Crippen LogP) is 7.85. The number of methoxy groups -OCH3 is 1. The summed E-state index contributed by atoms with van der Waals surface area (Å²) in [5.41, 5.74) is 6.23. The van der Waals surface area contributed by atoms with Crippen LogP contribution >= 0.6 is 0 Å². The van der Waals surface area contributed by atoms with Crippen LogP contribution < -0.4 is 10.1 Å². The summed E-state index contributed by atoms with van der Waals surface area (Å²) in [4.78, 5) is 4.80. The van der Waals surface area contributed by atoms with Gasteiger partial charge < -0.3 is 14.8 Å². The molecule has 0 aliphatic heterocycles. The lowest BCUT2D eigenvalue weighted by molar-refractivity contribution is 0.154. The topological polar surface area (TPSA) is 42.9 Å². The molecule has 5 heteroatoms. The quantitative estimate of drug-likeness (QED) is 0.307. The molecule has 0 heterocycles. The van der Waals surface area contributed by atoms with Crippen LogP contribution in [0.2, 0.25) is 0 Å². The molecule has 0 radical (unpaired) electrons. The summed E-state index contributed by atoms with van der Waals surface area (Å²) in [7, 11) is 1.71. The Balaban J connectivity index is 1.96. The first kappa shape index (κ1) is 27.7. The molecule has 0 unspecified atom stereocenters. The number of benzene rings is 2. The van der Waals surface area contributed by atoms with Crippen LogP contribution in [0.5, 0.6) is 5.75 Å². The van der Waals surface area contributed by atoms with Crippen molar-refractivity contribution in [1.29, 1.82) is 0 Å². The summed E-state index contributed by atoms with van der Waals surface area (Å²) < 4.78 is 26.0. The first-order valence-corrected chi connectivity index (χ1v) is 13.2. The van der Waals surface area contributed by atoms with Crippen molar-refractivity contribution in [1.82, 2.24) is 5.32 Å². The SMILES string of the molecule is C=C(NCc1ccc(C)c(F)c1)c1cc(/C(N=CCC)=C(/CC)COC)ccc1OC1CCCCC1. The summed E-state index contributed by atoms with van der Waals surface area (Å²) in [5, 5.41) is 3.40. The Labute approximate surface area is 216 Å². The van der Waals surface area contributed by atoms with Crippen molar-refractivity contribution in [2.45, 2.75) is 78.4 Å². The molecule has 1 aliphatic rings. The predicted molar refractivity (Wildman–Crippen MR) is 149 cm³/mol. The van der Waals surface area contributed by atoms with Crippen LogP contribution in [0.1, 0.15) is 81.0 Å². The Hall–Kier alpha value is -2.92.